The van der Waals surface area contributed by atoms with Crippen molar-refractivity contribution < 1.29 is 14.0 Å². The molecule has 2 amide bonds. The van der Waals surface area contributed by atoms with E-state index in [1.54, 1.807) is 0 Å². The largest absolute Gasteiger partial charge is 0.326 e. The molecule has 0 aliphatic heterocycles. The Labute approximate surface area is 160 Å². The van der Waals surface area contributed by atoms with Crippen LogP contribution in [0.3, 0.4) is 0 Å². The molecule has 0 saturated heterocycles. The second-order valence-electron chi connectivity index (χ2n) is 5.87. The molecule has 27 heavy (non-hydrogen) atoms. The van der Waals surface area contributed by atoms with E-state index in [0.717, 1.165) is 23.4 Å². The number of nitrogens with zero attached hydrogens (tertiary/aromatic N) is 1. The fraction of sp³-hybridized carbons (Fsp3) is 0.150. The van der Waals surface area contributed by atoms with Gasteiger partial charge in [-0.05, 0) is 42.8 Å². The summed E-state index contributed by atoms with van der Waals surface area (Å²) in [4.78, 5) is 28.2. The smallest absolute Gasteiger partial charge is 0.257 e. The molecule has 0 aliphatic carbocycles. The Hall–Kier alpha value is -3.06. The molecular formula is C20H18FN3O2S. The maximum atomic E-state index is 12.9. The van der Waals surface area contributed by atoms with Crippen molar-refractivity contribution in [2.45, 2.75) is 19.8 Å². The fourth-order valence-electron chi connectivity index (χ4n) is 2.41. The van der Waals surface area contributed by atoms with Gasteiger partial charge in [-0.3, -0.25) is 14.9 Å². The van der Waals surface area contributed by atoms with Crippen molar-refractivity contribution in [3.63, 3.8) is 0 Å². The summed E-state index contributed by atoms with van der Waals surface area (Å²) in [6, 6.07) is 12.7. The van der Waals surface area contributed by atoms with Crippen molar-refractivity contribution in [3.05, 3.63) is 65.3 Å². The first-order valence-corrected chi connectivity index (χ1v) is 9.36. The summed E-state index contributed by atoms with van der Waals surface area (Å²) in [5.74, 6) is -0.744. The van der Waals surface area contributed by atoms with E-state index in [-0.39, 0.29) is 11.8 Å². The third-order valence-corrected chi connectivity index (χ3v) is 4.53. The van der Waals surface area contributed by atoms with Crippen molar-refractivity contribution >= 4 is 34.0 Å². The van der Waals surface area contributed by atoms with Gasteiger partial charge in [0, 0.05) is 28.6 Å². The lowest BCUT2D eigenvalue weighted by Gasteiger charge is -2.05. The molecule has 1 aromatic heterocycles. The second kappa shape index (κ2) is 8.55. The maximum Gasteiger partial charge on any atom is 0.257 e. The van der Waals surface area contributed by atoms with E-state index in [0.29, 0.717) is 17.1 Å². The summed E-state index contributed by atoms with van der Waals surface area (Å²) in [5.41, 5.74) is 2.69. The Morgan fingerprint density at radius 3 is 2.41 bits per heavy atom. The van der Waals surface area contributed by atoms with Gasteiger partial charge in [0.05, 0.1) is 5.69 Å². The normalized spacial score (nSPS) is 10.4. The number of carbonyl (C=O) groups is 2. The number of aromatic nitrogens is 1. The van der Waals surface area contributed by atoms with Crippen molar-refractivity contribution in [2.75, 3.05) is 10.6 Å². The lowest BCUT2D eigenvalue weighted by Crippen LogP contribution is -2.11. The van der Waals surface area contributed by atoms with Crippen LogP contribution in [-0.2, 0) is 4.79 Å². The number of anilines is 2. The molecule has 2 N–H and O–H groups in total. The first-order chi connectivity index (χ1) is 13.0. The lowest BCUT2D eigenvalue weighted by molar-refractivity contribution is -0.116. The first kappa shape index (κ1) is 18.7. The number of halogens is 1. The van der Waals surface area contributed by atoms with Crippen molar-refractivity contribution in [1.29, 1.82) is 0 Å². The molecule has 3 rings (SSSR count). The van der Waals surface area contributed by atoms with Gasteiger partial charge in [0.1, 0.15) is 5.82 Å². The summed E-state index contributed by atoms with van der Waals surface area (Å²) >= 11 is 1.31. The molecule has 0 fully saturated rings. The Bertz CT molecular complexity index is 937. The average molecular weight is 383 g/mol. The van der Waals surface area contributed by atoms with Crippen molar-refractivity contribution in [1.82, 2.24) is 4.98 Å². The van der Waals surface area contributed by atoms with E-state index >= 15 is 0 Å². The zero-order valence-electron chi connectivity index (χ0n) is 14.7. The van der Waals surface area contributed by atoms with Gasteiger partial charge in [-0.15, -0.1) is 11.3 Å². The highest BCUT2D eigenvalue weighted by Crippen LogP contribution is 2.26. The number of carbonyl (C=O) groups excluding carboxylic acids is 2. The Morgan fingerprint density at radius 2 is 1.74 bits per heavy atom. The quantitative estimate of drug-likeness (QED) is 0.633. The van der Waals surface area contributed by atoms with Crippen LogP contribution < -0.4 is 10.6 Å². The van der Waals surface area contributed by atoms with E-state index < -0.39 is 5.82 Å². The first-order valence-electron chi connectivity index (χ1n) is 8.48. The molecular weight excluding hydrogens is 365 g/mol. The van der Waals surface area contributed by atoms with E-state index in [9.17, 15) is 14.0 Å². The van der Waals surface area contributed by atoms with Crippen molar-refractivity contribution in [2.24, 2.45) is 0 Å². The highest BCUT2D eigenvalue weighted by Gasteiger charge is 2.10. The van der Waals surface area contributed by atoms with Gasteiger partial charge >= 0.3 is 0 Å². The van der Waals surface area contributed by atoms with Crippen LogP contribution in [0.25, 0.3) is 11.3 Å². The van der Waals surface area contributed by atoms with Gasteiger partial charge in [-0.25, -0.2) is 9.37 Å². The topological polar surface area (TPSA) is 71.1 Å². The van der Waals surface area contributed by atoms with Gasteiger partial charge in [0.25, 0.3) is 5.91 Å². The molecule has 0 saturated carbocycles. The van der Waals surface area contributed by atoms with Crippen molar-refractivity contribution in [3.8, 4) is 11.3 Å². The molecule has 3 aromatic rings. The number of hydrogen-bond donors (Lipinski definition) is 2. The van der Waals surface area contributed by atoms with Crippen LogP contribution in [-0.4, -0.2) is 16.8 Å². The van der Waals surface area contributed by atoms with Crippen LogP contribution in [0.1, 0.15) is 30.1 Å². The molecule has 7 heteroatoms. The average Bonchev–Trinajstić information content (AvgIpc) is 3.11. The summed E-state index contributed by atoms with van der Waals surface area (Å²) in [6.45, 7) is 1.96. The number of rotatable bonds is 6. The van der Waals surface area contributed by atoms with Gasteiger partial charge in [0.15, 0.2) is 5.13 Å². The van der Waals surface area contributed by atoms with Gasteiger partial charge in [0.2, 0.25) is 5.91 Å². The number of nitrogens with one attached hydrogen (secondary N) is 2. The third-order valence-electron chi connectivity index (χ3n) is 3.77. The zero-order chi connectivity index (χ0) is 19.2. The standard InChI is InChI=1S/C20H18FN3O2S/c1-2-3-18(25)22-16-10-6-13(7-11-16)17-12-27-20(23-17)24-19(26)14-4-8-15(21)9-5-14/h4-12H,2-3H2,1H3,(H,22,25)(H,23,24,26). The lowest BCUT2D eigenvalue weighted by atomic mass is 10.1. The van der Waals surface area contributed by atoms with Crippen LogP contribution >= 0.6 is 11.3 Å². The molecule has 0 bridgehead atoms. The van der Waals surface area contributed by atoms with Crippen LogP contribution in [0.5, 0.6) is 0 Å². The third kappa shape index (κ3) is 4.98. The fourth-order valence-corrected chi connectivity index (χ4v) is 3.12. The predicted molar refractivity (Wildman–Crippen MR) is 105 cm³/mol. The van der Waals surface area contributed by atoms with Crippen LogP contribution in [0.2, 0.25) is 0 Å². The van der Waals surface area contributed by atoms with Crippen LogP contribution in [0.4, 0.5) is 15.2 Å². The summed E-state index contributed by atoms with van der Waals surface area (Å²) in [6.07, 6.45) is 1.29. The van der Waals surface area contributed by atoms with E-state index in [2.05, 4.69) is 15.6 Å². The van der Waals surface area contributed by atoms with E-state index in [1.807, 2.05) is 36.6 Å². The van der Waals surface area contributed by atoms with Gasteiger partial charge in [-0.1, -0.05) is 19.1 Å². The second-order valence-corrected chi connectivity index (χ2v) is 6.73. The summed E-state index contributed by atoms with van der Waals surface area (Å²) in [5, 5.41) is 7.84. The molecule has 138 valence electrons. The minimum atomic E-state index is -0.391. The zero-order valence-corrected chi connectivity index (χ0v) is 15.5. The number of benzene rings is 2. The van der Waals surface area contributed by atoms with Gasteiger partial charge < -0.3 is 5.32 Å². The minimum Gasteiger partial charge on any atom is -0.326 e. The minimum absolute atomic E-state index is 0.00954. The Morgan fingerprint density at radius 1 is 1.04 bits per heavy atom. The molecule has 5 nitrogen and oxygen atoms in total. The number of thiazole rings is 1. The molecule has 2 aromatic carbocycles. The molecule has 0 spiro atoms. The highest BCUT2D eigenvalue weighted by atomic mass is 32.1. The SMILES string of the molecule is CCCC(=O)Nc1ccc(-c2csc(NC(=O)c3ccc(F)cc3)n2)cc1. The summed E-state index contributed by atoms with van der Waals surface area (Å²) in [7, 11) is 0. The summed E-state index contributed by atoms with van der Waals surface area (Å²) < 4.78 is 12.9. The Balaban J connectivity index is 1.65. The molecule has 0 radical (unpaired) electrons. The molecule has 1 heterocycles. The Kier molecular flexibility index (Phi) is 5.93. The predicted octanol–water partition coefficient (Wildman–Crippen LogP) is 4.94. The maximum absolute atomic E-state index is 12.9. The van der Waals surface area contributed by atoms with Crippen LogP contribution in [0.15, 0.2) is 53.9 Å². The number of amides is 2. The van der Waals surface area contributed by atoms with Gasteiger partial charge in [-0.2, -0.15) is 0 Å². The highest BCUT2D eigenvalue weighted by molar-refractivity contribution is 7.14. The monoisotopic (exact) mass is 383 g/mol. The number of hydrogen-bond acceptors (Lipinski definition) is 4. The molecule has 0 aliphatic rings. The van der Waals surface area contributed by atoms with Crippen LogP contribution in [0, 0.1) is 5.82 Å². The van der Waals surface area contributed by atoms with E-state index in [1.165, 1.54) is 35.6 Å². The molecule has 0 unspecified atom stereocenters. The van der Waals surface area contributed by atoms with E-state index in [4.69, 9.17) is 0 Å². The molecule has 0 atom stereocenters.